The number of thiophene rings is 1. The van der Waals surface area contributed by atoms with Gasteiger partial charge in [0.05, 0.1) is 23.8 Å². The van der Waals surface area contributed by atoms with Crippen molar-refractivity contribution in [1.82, 2.24) is 9.97 Å². The first kappa shape index (κ1) is 20.1. The van der Waals surface area contributed by atoms with Crippen LogP contribution in [0.25, 0.3) is 10.2 Å². The molecule has 0 aliphatic carbocycles. The maximum atomic E-state index is 12.3. The van der Waals surface area contributed by atoms with E-state index in [1.54, 1.807) is 11.3 Å². The fraction of sp³-hybridized carbons (Fsp3) is 0.381. The van der Waals surface area contributed by atoms with Crippen LogP contribution in [0.2, 0.25) is 0 Å². The van der Waals surface area contributed by atoms with Crippen LogP contribution in [0, 0.1) is 12.8 Å². The molecule has 0 fully saturated rings. The molecule has 1 atom stereocenters. The monoisotopic (exact) mass is 428 g/mol. The van der Waals surface area contributed by atoms with Crippen molar-refractivity contribution < 1.29 is 9.53 Å². The van der Waals surface area contributed by atoms with E-state index in [9.17, 15) is 4.79 Å². The van der Waals surface area contributed by atoms with E-state index in [0.29, 0.717) is 23.5 Å². The molecular weight excluding hydrogens is 404 g/mol. The third-order valence-electron chi connectivity index (χ3n) is 5.07. The minimum Gasteiger partial charge on any atom is -0.383 e. The summed E-state index contributed by atoms with van der Waals surface area (Å²) in [6.45, 7) is 6.90. The smallest absolute Gasteiger partial charge is 0.234 e. The highest BCUT2D eigenvalue weighted by atomic mass is 32.2. The Morgan fingerprint density at radius 1 is 1.38 bits per heavy atom. The van der Waals surface area contributed by atoms with Crippen LogP contribution >= 0.6 is 23.1 Å². The Hall–Kier alpha value is -2.16. The topological polar surface area (TPSA) is 90.1 Å². The maximum Gasteiger partial charge on any atom is 0.234 e. The lowest BCUT2D eigenvalue weighted by Crippen LogP contribution is -2.26. The molecule has 29 heavy (non-hydrogen) atoms. The molecule has 3 heterocycles. The normalized spacial score (nSPS) is 16.2. The van der Waals surface area contributed by atoms with Crippen LogP contribution in [0.15, 0.2) is 29.4 Å². The van der Waals surface area contributed by atoms with Gasteiger partial charge in [0.1, 0.15) is 10.6 Å². The van der Waals surface area contributed by atoms with E-state index in [-0.39, 0.29) is 17.8 Å². The number of thioether (sulfide) groups is 1. The number of para-hydroxylation sites is 1. The number of ether oxygens (including phenoxy) is 1. The van der Waals surface area contributed by atoms with Crippen LogP contribution in [0.3, 0.4) is 0 Å². The van der Waals surface area contributed by atoms with Gasteiger partial charge in [-0.05, 0) is 30.0 Å². The molecule has 1 amide bonds. The van der Waals surface area contributed by atoms with Crippen LogP contribution < -0.4 is 11.1 Å². The number of carbonyl (C=O) groups is 1. The van der Waals surface area contributed by atoms with Gasteiger partial charge in [-0.3, -0.25) is 4.79 Å². The van der Waals surface area contributed by atoms with E-state index in [1.165, 1.54) is 22.2 Å². The molecule has 0 spiro atoms. The second-order valence-electron chi connectivity index (χ2n) is 7.52. The Morgan fingerprint density at radius 3 is 2.93 bits per heavy atom. The highest BCUT2D eigenvalue weighted by Crippen LogP contribution is 2.39. The molecule has 0 bridgehead atoms. The van der Waals surface area contributed by atoms with Gasteiger partial charge in [0.25, 0.3) is 0 Å². The summed E-state index contributed by atoms with van der Waals surface area (Å²) in [5.74, 6) is 1.06. The third kappa shape index (κ3) is 4.24. The second kappa shape index (κ2) is 8.30. The minimum atomic E-state index is -0.0924. The number of nitrogens with zero attached hydrogens (tertiary/aromatic N) is 2. The predicted molar refractivity (Wildman–Crippen MR) is 119 cm³/mol. The lowest BCUT2D eigenvalue weighted by Gasteiger charge is -2.26. The van der Waals surface area contributed by atoms with E-state index in [4.69, 9.17) is 10.5 Å². The quantitative estimate of drug-likeness (QED) is 0.462. The molecule has 3 N–H and O–H groups in total. The van der Waals surface area contributed by atoms with Crippen molar-refractivity contribution >= 4 is 50.7 Å². The number of aryl methyl sites for hydroxylation is 1. The molecule has 1 aliphatic heterocycles. The molecule has 6 nitrogen and oxygen atoms in total. The largest absolute Gasteiger partial charge is 0.383 e. The van der Waals surface area contributed by atoms with Gasteiger partial charge in [0.2, 0.25) is 5.91 Å². The second-order valence-corrected chi connectivity index (χ2v) is 9.55. The summed E-state index contributed by atoms with van der Waals surface area (Å²) in [5.41, 5.74) is 9.37. The summed E-state index contributed by atoms with van der Waals surface area (Å²) < 4.78 is 5.97. The van der Waals surface area contributed by atoms with Crippen LogP contribution in [0.1, 0.15) is 29.9 Å². The number of nitrogens with one attached hydrogen (secondary N) is 1. The summed E-state index contributed by atoms with van der Waals surface area (Å²) in [5, 5.41) is 4.40. The van der Waals surface area contributed by atoms with Crippen LogP contribution in [0.4, 0.5) is 11.5 Å². The number of benzene rings is 1. The van der Waals surface area contributed by atoms with Gasteiger partial charge in [0.15, 0.2) is 5.16 Å². The first-order valence-corrected chi connectivity index (χ1v) is 11.4. The predicted octanol–water partition coefficient (Wildman–Crippen LogP) is 4.41. The zero-order valence-electron chi connectivity index (χ0n) is 16.7. The van der Waals surface area contributed by atoms with E-state index >= 15 is 0 Å². The number of anilines is 2. The van der Waals surface area contributed by atoms with Gasteiger partial charge in [-0.1, -0.05) is 43.8 Å². The highest BCUT2D eigenvalue weighted by molar-refractivity contribution is 7.99. The Kier molecular flexibility index (Phi) is 5.76. The van der Waals surface area contributed by atoms with E-state index in [2.05, 4.69) is 29.1 Å². The summed E-state index contributed by atoms with van der Waals surface area (Å²) in [6.07, 6.45) is 1.03. The first-order valence-electron chi connectivity index (χ1n) is 9.60. The number of amides is 1. The molecule has 0 saturated heterocycles. The van der Waals surface area contributed by atoms with Crippen LogP contribution in [0.5, 0.6) is 0 Å². The van der Waals surface area contributed by atoms with Crippen molar-refractivity contribution in [1.29, 1.82) is 0 Å². The van der Waals surface area contributed by atoms with E-state index in [0.717, 1.165) is 27.9 Å². The zero-order valence-corrected chi connectivity index (χ0v) is 18.3. The Labute approximate surface area is 178 Å². The number of rotatable bonds is 5. The third-order valence-corrected chi connectivity index (χ3v) is 7.02. The van der Waals surface area contributed by atoms with Crippen LogP contribution in [-0.4, -0.2) is 27.7 Å². The number of aromatic nitrogens is 2. The standard InChI is InChI=1S/C21H24N4O2S2/c1-11(2)15-8-13-16(9-27-15)29-20-18(13)19(22)24-21(25-20)28-10-17(26)23-14-7-5-4-6-12(14)3/h4-7,11,15H,8-10H2,1-3H3,(H,23,26)(H2,22,24,25)/t15-/m0/s1. The lowest BCUT2D eigenvalue weighted by atomic mass is 9.96. The average Bonchev–Trinajstić information content (AvgIpc) is 3.06. The van der Waals surface area contributed by atoms with Gasteiger partial charge < -0.3 is 15.8 Å². The van der Waals surface area contributed by atoms with Crippen molar-refractivity contribution in [3.05, 3.63) is 40.3 Å². The van der Waals surface area contributed by atoms with Crippen molar-refractivity contribution in [2.75, 3.05) is 16.8 Å². The Balaban J connectivity index is 1.50. The van der Waals surface area contributed by atoms with Crippen molar-refractivity contribution in [2.45, 2.75) is 45.1 Å². The number of hydrogen-bond acceptors (Lipinski definition) is 7. The molecule has 2 aromatic heterocycles. The van der Waals surface area contributed by atoms with Crippen molar-refractivity contribution in [3.63, 3.8) is 0 Å². The molecule has 1 aromatic carbocycles. The number of carbonyl (C=O) groups excluding carboxylic acids is 1. The zero-order chi connectivity index (χ0) is 20.5. The van der Waals surface area contributed by atoms with Crippen molar-refractivity contribution in [2.24, 2.45) is 5.92 Å². The number of fused-ring (bicyclic) bond motifs is 3. The number of hydrogen-bond donors (Lipinski definition) is 2. The van der Waals surface area contributed by atoms with Crippen LogP contribution in [-0.2, 0) is 22.6 Å². The maximum absolute atomic E-state index is 12.3. The van der Waals surface area contributed by atoms with Crippen molar-refractivity contribution in [3.8, 4) is 0 Å². The van der Waals surface area contributed by atoms with Gasteiger partial charge in [-0.25, -0.2) is 9.97 Å². The first-order chi connectivity index (χ1) is 13.9. The SMILES string of the molecule is Cc1ccccc1NC(=O)CSc1nc(N)c2c3c(sc2n1)CO[C@H](C(C)C)C3. The van der Waals surface area contributed by atoms with Gasteiger partial charge in [0, 0.05) is 17.0 Å². The summed E-state index contributed by atoms with van der Waals surface area (Å²) in [4.78, 5) is 23.5. The molecule has 152 valence electrons. The highest BCUT2D eigenvalue weighted by Gasteiger charge is 2.27. The lowest BCUT2D eigenvalue weighted by molar-refractivity contribution is -0.113. The average molecular weight is 429 g/mol. The molecule has 0 saturated carbocycles. The van der Waals surface area contributed by atoms with E-state index < -0.39 is 0 Å². The molecule has 0 unspecified atom stereocenters. The molecular formula is C21H24N4O2S2. The molecule has 0 radical (unpaired) electrons. The fourth-order valence-corrected chi connectivity index (χ4v) is 5.25. The molecule has 4 rings (SSSR count). The number of nitrogen functional groups attached to an aromatic ring is 1. The van der Waals surface area contributed by atoms with Gasteiger partial charge in [-0.15, -0.1) is 11.3 Å². The molecule has 1 aliphatic rings. The van der Waals surface area contributed by atoms with E-state index in [1.807, 2.05) is 31.2 Å². The summed E-state index contributed by atoms with van der Waals surface area (Å²) in [7, 11) is 0. The number of nitrogens with two attached hydrogens (primary N) is 1. The fourth-order valence-electron chi connectivity index (χ4n) is 3.41. The molecule has 8 heteroatoms. The summed E-state index contributed by atoms with van der Waals surface area (Å²) in [6, 6.07) is 7.70. The Morgan fingerprint density at radius 2 is 2.17 bits per heavy atom. The van der Waals surface area contributed by atoms with Gasteiger partial charge >= 0.3 is 0 Å². The Bertz CT molecular complexity index is 1060. The van der Waals surface area contributed by atoms with Gasteiger partial charge in [-0.2, -0.15) is 0 Å². The summed E-state index contributed by atoms with van der Waals surface area (Å²) >= 11 is 2.91. The minimum absolute atomic E-state index is 0.0924. The molecule has 3 aromatic rings.